The largest absolute Gasteiger partial charge is 0.481 e. The number of benzene rings is 1. The van der Waals surface area contributed by atoms with E-state index in [1.807, 2.05) is 31.9 Å². The van der Waals surface area contributed by atoms with Gasteiger partial charge in [0.05, 0.1) is 7.11 Å². The molecule has 0 saturated carbocycles. The van der Waals surface area contributed by atoms with Crippen LogP contribution in [0.15, 0.2) is 24.4 Å². The molecule has 2 aliphatic heterocycles. The number of anilines is 1. The van der Waals surface area contributed by atoms with E-state index in [4.69, 9.17) is 9.47 Å². The lowest BCUT2D eigenvalue weighted by molar-refractivity contribution is 0.0198. The molecule has 1 aromatic carbocycles. The summed E-state index contributed by atoms with van der Waals surface area (Å²) in [4.78, 5) is 21.4. The van der Waals surface area contributed by atoms with Gasteiger partial charge in [0.25, 0.3) is 0 Å². The fourth-order valence-electron chi connectivity index (χ4n) is 4.36. The summed E-state index contributed by atoms with van der Waals surface area (Å²) >= 11 is 0. The van der Waals surface area contributed by atoms with E-state index in [1.165, 1.54) is 16.6 Å². The van der Waals surface area contributed by atoms with Crippen LogP contribution in [0.4, 0.5) is 10.5 Å². The molecule has 1 unspecified atom stereocenters. The normalized spacial score (nSPS) is 19.6. The molecule has 1 saturated heterocycles. The van der Waals surface area contributed by atoms with E-state index in [0.29, 0.717) is 18.5 Å². The Labute approximate surface area is 166 Å². The first-order chi connectivity index (χ1) is 13.4. The summed E-state index contributed by atoms with van der Waals surface area (Å²) in [6.45, 7) is 8.13. The van der Waals surface area contributed by atoms with Crippen molar-refractivity contribution in [3.63, 3.8) is 0 Å². The topological polar surface area (TPSA) is 54.9 Å². The molecule has 4 rings (SSSR count). The van der Waals surface area contributed by atoms with Crippen LogP contribution in [-0.2, 0) is 11.2 Å². The van der Waals surface area contributed by atoms with Crippen LogP contribution in [-0.4, -0.2) is 54.4 Å². The van der Waals surface area contributed by atoms with Crippen LogP contribution in [0.3, 0.4) is 0 Å². The highest BCUT2D eigenvalue weighted by Gasteiger charge is 2.33. The number of methoxy groups -OCH3 is 1. The minimum absolute atomic E-state index is 0.210. The molecule has 2 aliphatic rings. The maximum atomic E-state index is 12.6. The van der Waals surface area contributed by atoms with Gasteiger partial charge in [-0.25, -0.2) is 9.78 Å². The number of carbonyl (C=O) groups is 1. The lowest BCUT2D eigenvalue weighted by atomic mass is 9.95. The molecule has 0 radical (unpaired) electrons. The van der Waals surface area contributed by atoms with Crippen LogP contribution in [0.5, 0.6) is 5.88 Å². The average Bonchev–Trinajstić information content (AvgIpc) is 2.67. The number of ether oxygens (including phenoxy) is 2. The molecule has 2 aromatic rings. The van der Waals surface area contributed by atoms with E-state index >= 15 is 0 Å². The van der Waals surface area contributed by atoms with Crippen molar-refractivity contribution in [1.29, 1.82) is 0 Å². The number of aromatic nitrogens is 1. The van der Waals surface area contributed by atoms with Gasteiger partial charge in [0.2, 0.25) is 5.88 Å². The fourth-order valence-corrected chi connectivity index (χ4v) is 4.36. The van der Waals surface area contributed by atoms with Crippen molar-refractivity contribution in [2.45, 2.75) is 51.7 Å². The van der Waals surface area contributed by atoms with E-state index < -0.39 is 5.60 Å². The maximum Gasteiger partial charge on any atom is 0.410 e. The van der Waals surface area contributed by atoms with Gasteiger partial charge in [-0.1, -0.05) is 6.07 Å². The Bertz CT molecular complexity index is 890. The number of likely N-dealkylation sites (tertiary alicyclic amines) is 1. The van der Waals surface area contributed by atoms with E-state index in [0.717, 1.165) is 37.7 Å². The SMILES string of the molecule is COc1ncc2c3c(cccc13)N(C1CCCN(C(=O)OC(C)(C)C)C1)CC2. The van der Waals surface area contributed by atoms with Crippen molar-refractivity contribution in [2.75, 3.05) is 31.6 Å². The monoisotopic (exact) mass is 383 g/mol. The van der Waals surface area contributed by atoms with Gasteiger partial charge in [0.1, 0.15) is 5.60 Å². The number of hydrogen-bond acceptors (Lipinski definition) is 5. The van der Waals surface area contributed by atoms with Crippen molar-refractivity contribution < 1.29 is 14.3 Å². The Morgan fingerprint density at radius 1 is 1.25 bits per heavy atom. The van der Waals surface area contributed by atoms with Gasteiger partial charge in [-0.3, -0.25) is 0 Å². The molecule has 3 heterocycles. The number of carbonyl (C=O) groups excluding carboxylic acids is 1. The summed E-state index contributed by atoms with van der Waals surface area (Å²) in [6, 6.07) is 6.61. The Morgan fingerprint density at radius 3 is 2.82 bits per heavy atom. The quantitative estimate of drug-likeness (QED) is 0.784. The third-order valence-electron chi connectivity index (χ3n) is 5.55. The minimum atomic E-state index is -0.469. The fraction of sp³-hybridized carbons (Fsp3) is 0.545. The van der Waals surface area contributed by atoms with Crippen molar-refractivity contribution >= 4 is 22.6 Å². The predicted molar refractivity (Wildman–Crippen MR) is 110 cm³/mol. The van der Waals surface area contributed by atoms with Crippen LogP contribution >= 0.6 is 0 Å². The summed E-state index contributed by atoms with van der Waals surface area (Å²) < 4.78 is 11.1. The molecular weight excluding hydrogens is 354 g/mol. The Hall–Kier alpha value is -2.50. The van der Waals surface area contributed by atoms with Crippen LogP contribution in [0.25, 0.3) is 10.8 Å². The lowest BCUT2D eigenvalue weighted by Crippen LogP contribution is -2.52. The first-order valence-electron chi connectivity index (χ1n) is 10.1. The number of rotatable bonds is 2. The molecule has 0 spiro atoms. The second-order valence-corrected chi connectivity index (χ2v) is 8.66. The van der Waals surface area contributed by atoms with E-state index in [9.17, 15) is 4.79 Å². The summed E-state index contributed by atoms with van der Waals surface area (Å²) in [5.41, 5.74) is 2.02. The Balaban J connectivity index is 1.62. The smallest absolute Gasteiger partial charge is 0.410 e. The van der Waals surface area contributed by atoms with E-state index in [2.05, 4.69) is 28.1 Å². The summed E-state index contributed by atoms with van der Waals surface area (Å²) in [5.74, 6) is 0.668. The van der Waals surface area contributed by atoms with Gasteiger partial charge < -0.3 is 19.3 Å². The molecule has 0 N–H and O–H groups in total. The minimum Gasteiger partial charge on any atom is -0.481 e. The molecule has 1 amide bonds. The zero-order valence-corrected chi connectivity index (χ0v) is 17.2. The third-order valence-corrected chi connectivity index (χ3v) is 5.55. The second kappa shape index (κ2) is 7.15. The standard InChI is InChI=1S/C22H29N3O3/c1-22(2,3)28-21(26)24-11-6-7-16(14-24)25-12-10-15-13-23-20(27-4)17-8-5-9-18(25)19(15)17/h5,8-9,13,16H,6-7,10-12,14H2,1-4H3. The molecule has 6 nitrogen and oxygen atoms in total. The number of pyridine rings is 1. The van der Waals surface area contributed by atoms with Crippen molar-refractivity contribution in [1.82, 2.24) is 9.88 Å². The van der Waals surface area contributed by atoms with Gasteiger partial charge in [-0.15, -0.1) is 0 Å². The molecule has 28 heavy (non-hydrogen) atoms. The average molecular weight is 383 g/mol. The second-order valence-electron chi connectivity index (χ2n) is 8.66. The first-order valence-corrected chi connectivity index (χ1v) is 10.1. The van der Waals surface area contributed by atoms with Gasteiger partial charge in [-0.2, -0.15) is 0 Å². The van der Waals surface area contributed by atoms with E-state index in [1.54, 1.807) is 7.11 Å². The third kappa shape index (κ3) is 3.48. The highest BCUT2D eigenvalue weighted by Crippen LogP contribution is 2.39. The zero-order valence-electron chi connectivity index (χ0n) is 17.2. The Kier molecular flexibility index (Phi) is 4.81. The number of hydrogen-bond donors (Lipinski definition) is 0. The summed E-state index contributed by atoms with van der Waals surface area (Å²) in [6.07, 6.45) is 4.75. The summed E-state index contributed by atoms with van der Waals surface area (Å²) in [5, 5.41) is 2.29. The molecule has 1 aromatic heterocycles. The molecule has 6 heteroatoms. The molecule has 0 aliphatic carbocycles. The van der Waals surface area contributed by atoms with Crippen molar-refractivity contribution in [3.8, 4) is 5.88 Å². The lowest BCUT2D eigenvalue weighted by Gasteiger charge is -2.43. The molecule has 0 bridgehead atoms. The highest BCUT2D eigenvalue weighted by molar-refractivity contribution is 6.00. The molecule has 1 atom stereocenters. The van der Waals surface area contributed by atoms with Crippen LogP contribution in [0.1, 0.15) is 39.2 Å². The number of piperidine rings is 1. The predicted octanol–water partition coefficient (Wildman–Crippen LogP) is 4.01. The van der Waals surface area contributed by atoms with Crippen LogP contribution in [0, 0.1) is 0 Å². The van der Waals surface area contributed by atoms with Gasteiger partial charge in [0.15, 0.2) is 0 Å². The van der Waals surface area contributed by atoms with Crippen LogP contribution < -0.4 is 9.64 Å². The first kappa shape index (κ1) is 18.8. The number of amides is 1. The highest BCUT2D eigenvalue weighted by atomic mass is 16.6. The van der Waals surface area contributed by atoms with Gasteiger partial charge in [0, 0.05) is 48.3 Å². The molecular formula is C22H29N3O3. The summed E-state index contributed by atoms with van der Waals surface area (Å²) in [7, 11) is 1.66. The van der Waals surface area contributed by atoms with Crippen molar-refractivity contribution in [3.05, 3.63) is 30.0 Å². The van der Waals surface area contributed by atoms with Crippen molar-refractivity contribution in [2.24, 2.45) is 0 Å². The van der Waals surface area contributed by atoms with Crippen LogP contribution in [0.2, 0.25) is 0 Å². The Morgan fingerprint density at radius 2 is 2.07 bits per heavy atom. The maximum absolute atomic E-state index is 12.6. The zero-order chi connectivity index (χ0) is 19.9. The molecule has 150 valence electrons. The van der Waals surface area contributed by atoms with E-state index in [-0.39, 0.29) is 6.09 Å². The molecule has 1 fully saturated rings. The van der Waals surface area contributed by atoms with Gasteiger partial charge in [-0.05, 0) is 57.7 Å². The number of nitrogens with zero attached hydrogens (tertiary/aromatic N) is 3. The van der Waals surface area contributed by atoms with Gasteiger partial charge >= 0.3 is 6.09 Å².